The number of carbonyl (C=O) groups is 1. The van der Waals surface area contributed by atoms with Crippen molar-refractivity contribution in [3.63, 3.8) is 0 Å². The second-order valence-corrected chi connectivity index (χ2v) is 6.03. The molecule has 0 heterocycles. The molecule has 1 N–H and O–H groups in total. The minimum atomic E-state index is -0.172. The summed E-state index contributed by atoms with van der Waals surface area (Å²) in [5, 5.41) is 13.4. The van der Waals surface area contributed by atoms with E-state index in [1.165, 1.54) is 0 Å². The molecule has 0 saturated heterocycles. The molecule has 1 amide bonds. The van der Waals surface area contributed by atoms with Crippen LogP contribution in [0, 0.1) is 0 Å². The fraction of sp³-hybridized carbons (Fsp3) is 0. The van der Waals surface area contributed by atoms with Crippen LogP contribution < -0.4 is 5.32 Å². The summed E-state index contributed by atoms with van der Waals surface area (Å²) in [6.07, 6.45) is 0. The third-order valence-corrected chi connectivity index (χ3v) is 4.22. The Hall–Kier alpha value is -3.79. The number of azo groups is 1. The molecule has 0 aliphatic heterocycles. The maximum atomic E-state index is 12.9. The van der Waals surface area contributed by atoms with Crippen LogP contribution in [0.2, 0.25) is 0 Å². The number of amides is 1. The molecule has 4 nitrogen and oxygen atoms in total. The van der Waals surface area contributed by atoms with Crippen molar-refractivity contribution in [2.45, 2.75) is 0 Å². The van der Waals surface area contributed by atoms with Crippen LogP contribution in [-0.2, 0) is 0 Å². The van der Waals surface area contributed by atoms with Crippen LogP contribution in [-0.4, -0.2) is 5.91 Å². The van der Waals surface area contributed by atoms with Crippen molar-refractivity contribution < 1.29 is 4.79 Å². The molecule has 0 aliphatic carbocycles. The van der Waals surface area contributed by atoms with Crippen LogP contribution in [0.4, 0.5) is 17.1 Å². The predicted molar refractivity (Wildman–Crippen MR) is 109 cm³/mol. The van der Waals surface area contributed by atoms with Crippen LogP contribution >= 0.6 is 0 Å². The highest BCUT2D eigenvalue weighted by Gasteiger charge is 2.11. The van der Waals surface area contributed by atoms with Gasteiger partial charge in [-0.05, 0) is 41.1 Å². The third kappa shape index (κ3) is 3.75. The molecule has 0 unspecified atom stereocenters. The number of nitrogens with zero attached hydrogens (tertiary/aromatic N) is 2. The van der Waals surface area contributed by atoms with Gasteiger partial charge >= 0.3 is 0 Å². The predicted octanol–water partition coefficient (Wildman–Crippen LogP) is 6.51. The monoisotopic (exact) mass is 351 g/mol. The number of hydrogen-bond donors (Lipinski definition) is 1. The molecule has 4 rings (SSSR count). The Bertz CT molecular complexity index is 1120. The van der Waals surface area contributed by atoms with Gasteiger partial charge in [-0.2, -0.15) is 5.11 Å². The molecule has 0 fully saturated rings. The Morgan fingerprint density at radius 3 is 2.26 bits per heavy atom. The SMILES string of the molecule is O=C(Nc1ccccc1N=Nc1ccccc1)c1cccc2ccccc12. The van der Waals surface area contributed by atoms with Crippen molar-refractivity contribution in [3.8, 4) is 0 Å². The van der Waals surface area contributed by atoms with Crippen molar-refractivity contribution in [3.05, 3.63) is 103 Å². The van der Waals surface area contributed by atoms with Gasteiger partial charge in [0.05, 0.1) is 11.4 Å². The average molecular weight is 351 g/mol. The molecule has 0 spiro atoms. The molecular weight excluding hydrogens is 334 g/mol. The lowest BCUT2D eigenvalue weighted by Gasteiger charge is -2.09. The number of carbonyl (C=O) groups excluding carboxylic acids is 1. The third-order valence-electron chi connectivity index (χ3n) is 4.22. The van der Waals surface area contributed by atoms with Crippen LogP contribution in [0.1, 0.15) is 10.4 Å². The largest absolute Gasteiger partial charge is 0.320 e. The zero-order valence-corrected chi connectivity index (χ0v) is 14.5. The summed E-state index contributed by atoms with van der Waals surface area (Å²) >= 11 is 0. The Kier molecular flexibility index (Phi) is 4.70. The Morgan fingerprint density at radius 1 is 0.667 bits per heavy atom. The molecular formula is C23H17N3O. The molecule has 4 aromatic carbocycles. The minimum absolute atomic E-state index is 0.172. The summed E-state index contributed by atoms with van der Waals surface area (Å²) in [6.45, 7) is 0. The quantitative estimate of drug-likeness (QED) is 0.419. The van der Waals surface area contributed by atoms with Crippen molar-refractivity contribution in [1.29, 1.82) is 0 Å². The standard InChI is InChI=1S/C23H17N3O/c27-23(20-14-8-10-17-9-4-5-13-19(17)20)24-21-15-6-7-16-22(21)26-25-18-11-2-1-3-12-18/h1-16H,(H,24,27). The Balaban J connectivity index is 1.63. The van der Waals surface area contributed by atoms with Crippen molar-refractivity contribution in [1.82, 2.24) is 0 Å². The van der Waals surface area contributed by atoms with Gasteiger partial charge in [0.1, 0.15) is 5.69 Å². The van der Waals surface area contributed by atoms with E-state index in [1.54, 1.807) is 0 Å². The second kappa shape index (κ2) is 7.62. The average Bonchev–Trinajstić information content (AvgIpc) is 2.73. The first-order valence-corrected chi connectivity index (χ1v) is 8.66. The van der Waals surface area contributed by atoms with E-state index in [0.29, 0.717) is 16.9 Å². The van der Waals surface area contributed by atoms with E-state index in [0.717, 1.165) is 16.5 Å². The molecule has 0 bridgehead atoms. The Morgan fingerprint density at radius 2 is 1.37 bits per heavy atom. The number of para-hydroxylation sites is 1. The summed E-state index contributed by atoms with van der Waals surface area (Å²) in [5.74, 6) is -0.172. The number of hydrogen-bond acceptors (Lipinski definition) is 3. The topological polar surface area (TPSA) is 53.8 Å². The fourth-order valence-corrected chi connectivity index (χ4v) is 2.89. The van der Waals surface area contributed by atoms with Gasteiger partial charge < -0.3 is 5.32 Å². The highest BCUT2D eigenvalue weighted by Crippen LogP contribution is 2.28. The molecule has 4 heteroatoms. The number of nitrogens with one attached hydrogen (secondary N) is 1. The highest BCUT2D eigenvalue weighted by molar-refractivity contribution is 6.13. The summed E-state index contributed by atoms with van der Waals surface area (Å²) in [5.41, 5.74) is 2.61. The normalized spacial score (nSPS) is 11.0. The highest BCUT2D eigenvalue weighted by atomic mass is 16.1. The van der Waals surface area contributed by atoms with E-state index < -0.39 is 0 Å². The molecule has 0 radical (unpaired) electrons. The lowest BCUT2D eigenvalue weighted by molar-refractivity contribution is 0.102. The lowest BCUT2D eigenvalue weighted by atomic mass is 10.0. The lowest BCUT2D eigenvalue weighted by Crippen LogP contribution is -2.12. The van der Waals surface area contributed by atoms with Gasteiger partial charge in [-0.1, -0.05) is 66.7 Å². The van der Waals surface area contributed by atoms with E-state index in [9.17, 15) is 4.79 Å². The van der Waals surface area contributed by atoms with Gasteiger partial charge in [0, 0.05) is 5.56 Å². The molecule has 27 heavy (non-hydrogen) atoms. The second-order valence-electron chi connectivity index (χ2n) is 6.03. The number of fused-ring (bicyclic) bond motifs is 1. The maximum absolute atomic E-state index is 12.9. The zero-order chi connectivity index (χ0) is 18.5. The first-order chi connectivity index (χ1) is 13.3. The summed E-state index contributed by atoms with van der Waals surface area (Å²) < 4.78 is 0. The zero-order valence-electron chi connectivity index (χ0n) is 14.5. The molecule has 0 aromatic heterocycles. The van der Waals surface area contributed by atoms with Crippen LogP contribution in [0.15, 0.2) is 107 Å². The van der Waals surface area contributed by atoms with Gasteiger partial charge in [-0.25, -0.2) is 0 Å². The van der Waals surface area contributed by atoms with Gasteiger partial charge in [0.25, 0.3) is 5.91 Å². The fourth-order valence-electron chi connectivity index (χ4n) is 2.89. The molecule has 0 saturated carbocycles. The van der Waals surface area contributed by atoms with Crippen molar-refractivity contribution in [2.24, 2.45) is 10.2 Å². The number of anilines is 1. The number of rotatable bonds is 4. The van der Waals surface area contributed by atoms with E-state index in [4.69, 9.17) is 0 Å². The van der Waals surface area contributed by atoms with Crippen LogP contribution in [0.5, 0.6) is 0 Å². The summed E-state index contributed by atoms with van der Waals surface area (Å²) in [6, 6.07) is 30.4. The van der Waals surface area contributed by atoms with Gasteiger partial charge in [-0.15, -0.1) is 5.11 Å². The van der Waals surface area contributed by atoms with E-state index in [2.05, 4.69) is 15.5 Å². The van der Waals surface area contributed by atoms with E-state index in [-0.39, 0.29) is 5.91 Å². The Labute approximate surface area is 157 Å². The van der Waals surface area contributed by atoms with Gasteiger partial charge in [0.2, 0.25) is 0 Å². The minimum Gasteiger partial charge on any atom is -0.320 e. The molecule has 130 valence electrons. The first-order valence-electron chi connectivity index (χ1n) is 8.66. The van der Waals surface area contributed by atoms with E-state index >= 15 is 0 Å². The smallest absolute Gasteiger partial charge is 0.256 e. The molecule has 4 aromatic rings. The maximum Gasteiger partial charge on any atom is 0.256 e. The number of benzene rings is 4. The van der Waals surface area contributed by atoms with E-state index in [1.807, 2.05) is 97.1 Å². The molecule has 0 aliphatic rings. The van der Waals surface area contributed by atoms with Gasteiger partial charge in [0.15, 0.2) is 0 Å². The van der Waals surface area contributed by atoms with Crippen molar-refractivity contribution >= 4 is 33.7 Å². The van der Waals surface area contributed by atoms with Crippen molar-refractivity contribution in [2.75, 3.05) is 5.32 Å². The molecule has 0 atom stereocenters. The first kappa shape index (κ1) is 16.7. The summed E-state index contributed by atoms with van der Waals surface area (Å²) in [4.78, 5) is 12.9. The van der Waals surface area contributed by atoms with Crippen LogP contribution in [0.25, 0.3) is 10.8 Å². The summed E-state index contributed by atoms with van der Waals surface area (Å²) in [7, 11) is 0. The van der Waals surface area contributed by atoms with Crippen LogP contribution in [0.3, 0.4) is 0 Å². The van der Waals surface area contributed by atoms with Gasteiger partial charge in [-0.3, -0.25) is 4.79 Å².